The molecule has 0 bridgehead atoms. The van der Waals surface area contributed by atoms with Crippen LogP contribution in [0.25, 0.3) is 0 Å². The zero-order valence-electron chi connectivity index (χ0n) is 13.6. The number of methoxy groups -OCH3 is 1. The Morgan fingerprint density at radius 1 is 1.33 bits per heavy atom. The van der Waals surface area contributed by atoms with Crippen LogP contribution in [0.2, 0.25) is 0 Å². The van der Waals surface area contributed by atoms with Crippen LogP contribution < -0.4 is 4.74 Å². The van der Waals surface area contributed by atoms with Crippen LogP contribution in [0.4, 0.5) is 0 Å². The molecule has 0 radical (unpaired) electrons. The highest BCUT2D eigenvalue weighted by atomic mass is 16.5. The second-order valence-electron chi connectivity index (χ2n) is 5.65. The molecule has 7 heteroatoms. The molecule has 2 aromatic rings. The molecule has 0 aliphatic carbocycles. The first-order valence-corrected chi connectivity index (χ1v) is 7.92. The lowest BCUT2D eigenvalue weighted by Crippen LogP contribution is -2.43. The largest absolute Gasteiger partial charge is 0.467 e. The van der Waals surface area contributed by atoms with Crippen molar-refractivity contribution in [1.29, 1.82) is 0 Å². The summed E-state index contributed by atoms with van der Waals surface area (Å²) in [5.41, 5.74) is 1.49. The van der Waals surface area contributed by atoms with Gasteiger partial charge in [-0.2, -0.15) is 0 Å². The van der Waals surface area contributed by atoms with Crippen molar-refractivity contribution in [3.8, 4) is 6.01 Å². The maximum absolute atomic E-state index is 12.6. The normalized spacial score (nSPS) is 17.5. The topological polar surface area (TPSA) is 77.4 Å². The van der Waals surface area contributed by atoms with Gasteiger partial charge in [-0.3, -0.25) is 9.78 Å². The number of pyridine rings is 1. The molecule has 0 N–H and O–H groups in total. The molecule has 1 saturated heterocycles. The van der Waals surface area contributed by atoms with Crippen LogP contribution >= 0.6 is 0 Å². The van der Waals surface area contributed by atoms with Crippen LogP contribution in [-0.2, 0) is 11.3 Å². The monoisotopic (exact) mass is 328 g/mol. The van der Waals surface area contributed by atoms with Gasteiger partial charge in [0.1, 0.15) is 0 Å². The van der Waals surface area contributed by atoms with E-state index in [1.54, 1.807) is 17.3 Å². The molecule has 24 heavy (non-hydrogen) atoms. The highest BCUT2D eigenvalue weighted by Crippen LogP contribution is 2.17. The molecule has 0 aromatic carbocycles. The summed E-state index contributed by atoms with van der Waals surface area (Å²) in [6.07, 6.45) is 8.41. The summed E-state index contributed by atoms with van der Waals surface area (Å²) in [5, 5.41) is 0. The maximum atomic E-state index is 12.6. The smallest absolute Gasteiger partial charge is 0.316 e. The van der Waals surface area contributed by atoms with Gasteiger partial charge in [-0.1, -0.05) is 6.07 Å². The van der Waals surface area contributed by atoms with Crippen molar-refractivity contribution in [3.05, 3.63) is 48.0 Å². The fourth-order valence-electron chi connectivity index (χ4n) is 2.67. The van der Waals surface area contributed by atoms with Crippen molar-refractivity contribution < 1.29 is 14.3 Å². The molecule has 126 valence electrons. The van der Waals surface area contributed by atoms with Crippen molar-refractivity contribution in [3.63, 3.8) is 0 Å². The van der Waals surface area contributed by atoms with Crippen molar-refractivity contribution in [2.75, 3.05) is 20.2 Å². The SMILES string of the molecule is COc1ncc(C(=O)N2CCC[C@@H](OCc3cccnc3)C2)cn1. The third kappa shape index (κ3) is 4.05. The van der Waals surface area contributed by atoms with Crippen molar-refractivity contribution >= 4 is 5.91 Å². The van der Waals surface area contributed by atoms with Crippen molar-refractivity contribution in [1.82, 2.24) is 19.9 Å². The number of nitrogens with zero attached hydrogens (tertiary/aromatic N) is 4. The Labute approximate surface area is 140 Å². The second kappa shape index (κ2) is 7.83. The van der Waals surface area contributed by atoms with E-state index in [0.717, 1.165) is 24.9 Å². The van der Waals surface area contributed by atoms with Gasteiger partial charge in [0.25, 0.3) is 5.91 Å². The number of piperidine rings is 1. The molecule has 3 heterocycles. The molecule has 7 nitrogen and oxygen atoms in total. The molecular formula is C17H20N4O3. The van der Waals surface area contributed by atoms with E-state index in [9.17, 15) is 4.79 Å². The molecule has 1 aliphatic rings. The standard InChI is InChI=1S/C17H20N4O3/c1-23-17-19-9-14(10-20-17)16(22)21-7-3-5-15(11-21)24-12-13-4-2-6-18-8-13/h2,4,6,8-10,15H,3,5,7,11-12H2,1H3/t15-/m1/s1. The molecule has 1 atom stereocenters. The lowest BCUT2D eigenvalue weighted by molar-refractivity contribution is -0.00684. The molecular weight excluding hydrogens is 308 g/mol. The average molecular weight is 328 g/mol. The quantitative estimate of drug-likeness (QED) is 0.831. The molecule has 0 saturated carbocycles. The highest BCUT2D eigenvalue weighted by Gasteiger charge is 2.25. The summed E-state index contributed by atoms with van der Waals surface area (Å²) in [4.78, 5) is 26.4. The number of aromatic nitrogens is 3. The number of carbonyl (C=O) groups excluding carboxylic acids is 1. The minimum Gasteiger partial charge on any atom is -0.467 e. The highest BCUT2D eigenvalue weighted by molar-refractivity contribution is 5.93. The Morgan fingerprint density at radius 2 is 2.17 bits per heavy atom. The number of ether oxygens (including phenoxy) is 2. The van der Waals surface area contributed by atoms with Crippen LogP contribution in [0.3, 0.4) is 0 Å². The number of amides is 1. The summed E-state index contributed by atoms with van der Waals surface area (Å²) in [6.45, 7) is 1.80. The predicted octanol–water partition coefficient (Wildman–Crippen LogP) is 1.70. The molecule has 0 spiro atoms. The zero-order valence-corrected chi connectivity index (χ0v) is 13.6. The van der Waals surface area contributed by atoms with Crippen molar-refractivity contribution in [2.24, 2.45) is 0 Å². The summed E-state index contributed by atoms with van der Waals surface area (Å²) >= 11 is 0. The van der Waals surface area contributed by atoms with Crippen LogP contribution in [0.15, 0.2) is 36.9 Å². The van der Waals surface area contributed by atoms with Gasteiger partial charge >= 0.3 is 6.01 Å². The first-order valence-electron chi connectivity index (χ1n) is 7.92. The first kappa shape index (κ1) is 16.3. The molecule has 1 aliphatic heterocycles. The van der Waals surface area contributed by atoms with Gasteiger partial charge < -0.3 is 14.4 Å². The van der Waals surface area contributed by atoms with Gasteiger partial charge in [-0.15, -0.1) is 0 Å². The molecule has 1 amide bonds. The van der Waals surface area contributed by atoms with Crippen molar-refractivity contribution in [2.45, 2.75) is 25.6 Å². The number of likely N-dealkylation sites (tertiary alicyclic amines) is 1. The third-order valence-electron chi connectivity index (χ3n) is 3.93. The average Bonchev–Trinajstić information content (AvgIpc) is 2.67. The van der Waals surface area contributed by atoms with Gasteiger partial charge in [0.05, 0.1) is 25.4 Å². The van der Waals surface area contributed by atoms with E-state index >= 15 is 0 Å². The van der Waals surface area contributed by atoms with Gasteiger partial charge in [0.2, 0.25) is 0 Å². The van der Waals surface area contributed by atoms with E-state index in [1.165, 1.54) is 19.5 Å². The third-order valence-corrected chi connectivity index (χ3v) is 3.93. The Kier molecular flexibility index (Phi) is 5.32. The van der Waals surface area contributed by atoms with Gasteiger partial charge in [-0.05, 0) is 24.5 Å². The first-order chi connectivity index (χ1) is 11.8. The number of carbonyl (C=O) groups is 1. The van der Waals surface area contributed by atoms with E-state index in [-0.39, 0.29) is 18.0 Å². The Morgan fingerprint density at radius 3 is 2.88 bits per heavy atom. The number of hydrogen-bond donors (Lipinski definition) is 0. The Hall–Kier alpha value is -2.54. The predicted molar refractivity (Wildman–Crippen MR) is 86.5 cm³/mol. The second-order valence-corrected chi connectivity index (χ2v) is 5.65. The van der Waals surface area contributed by atoms with Gasteiger partial charge in [0, 0.05) is 37.9 Å². The van der Waals surface area contributed by atoms with Crippen LogP contribution in [0.5, 0.6) is 6.01 Å². The van der Waals surface area contributed by atoms with Crippen LogP contribution in [-0.4, -0.2) is 52.1 Å². The Bertz CT molecular complexity index is 663. The van der Waals surface area contributed by atoms with Crippen LogP contribution in [0, 0.1) is 0 Å². The van der Waals surface area contributed by atoms with E-state index in [1.807, 2.05) is 12.1 Å². The lowest BCUT2D eigenvalue weighted by atomic mass is 10.1. The van der Waals surface area contributed by atoms with Gasteiger partial charge in [-0.25, -0.2) is 9.97 Å². The maximum Gasteiger partial charge on any atom is 0.316 e. The van der Waals surface area contributed by atoms with E-state index < -0.39 is 0 Å². The minimum atomic E-state index is -0.0765. The fraction of sp³-hybridized carbons (Fsp3) is 0.412. The fourth-order valence-corrected chi connectivity index (χ4v) is 2.67. The van der Waals surface area contributed by atoms with Crippen LogP contribution in [0.1, 0.15) is 28.8 Å². The number of hydrogen-bond acceptors (Lipinski definition) is 6. The summed E-state index contributed by atoms with van der Waals surface area (Å²) in [6, 6.07) is 4.12. The summed E-state index contributed by atoms with van der Waals surface area (Å²) in [5.74, 6) is -0.0765. The molecule has 1 fully saturated rings. The summed E-state index contributed by atoms with van der Waals surface area (Å²) in [7, 11) is 1.49. The Balaban J connectivity index is 1.57. The summed E-state index contributed by atoms with van der Waals surface area (Å²) < 4.78 is 10.8. The van der Waals surface area contributed by atoms with E-state index in [0.29, 0.717) is 18.7 Å². The minimum absolute atomic E-state index is 0.0297. The van der Waals surface area contributed by atoms with Gasteiger partial charge in [0.15, 0.2) is 0 Å². The van der Waals surface area contributed by atoms with E-state index in [4.69, 9.17) is 9.47 Å². The van der Waals surface area contributed by atoms with E-state index in [2.05, 4.69) is 15.0 Å². The molecule has 0 unspecified atom stereocenters. The number of rotatable bonds is 5. The molecule has 3 rings (SSSR count). The zero-order chi connectivity index (χ0) is 16.8. The molecule has 2 aromatic heterocycles. The lowest BCUT2D eigenvalue weighted by Gasteiger charge is -2.32.